The van der Waals surface area contributed by atoms with Gasteiger partial charge in [-0.1, -0.05) is 0 Å². The second-order valence-corrected chi connectivity index (χ2v) is 5.48. The molecule has 0 aromatic rings. The molecule has 0 aliphatic rings. The van der Waals surface area contributed by atoms with Crippen molar-refractivity contribution in [2.24, 2.45) is 22.2 Å². The molecule has 0 fully saturated rings. The van der Waals surface area contributed by atoms with Crippen molar-refractivity contribution >= 4 is 30.0 Å². The number of nitrogens with zero attached hydrogens (tertiary/aromatic N) is 1. The van der Waals surface area contributed by atoms with Gasteiger partial charge in [0.25, 0.3) is 0 Å². The van der Waals surface area contributed by atoms with E-state index in [0.29, 0.717) is 12.7 Å². The van der Waals surface area contributed by atoms with E-state index in [1.807, 2.05) is 0 Å². The Kier molecular flexibility index (Phi) is 10.5. The van der Waals surface area contributed by atoms with Crippen molar-refractivity contribution in [1.82, 2.24) is 10.6 Å². The van der Waals surface area contributed by atoms with Gasteiger partial charge in [0.2, 0.25) is 11.8 Å². The molecule has 142 valence electrons. The molecule has 11 heteroatoms. The molecule has 25 heavy (non-hydrogen) atoms. The first kappa shape index (κ1) is 22.3. The number of amides is 2. The molecule has 0 radical (unpaired) electrons. The first-order valence-electron chi connectivity index (χ1n) is 7.76. The second kappa shape index (κ2) is 11.8. The average molecular weight is 358 g/mol. The van der Waals surface area contributed by atoms with Gasteiger partial charge in [-0.25, -0.2) is 0 Å². The Hall–Kier alpha value is -2.69. The van der Waals surface area contributed by atoms with Crippen LogP contribution in [0.4, 0.5) is 0 Å². The highest BCUT2D eigenvalue weighted by Crippen LogP contribution is 2.02. The van der Waals surface area contributed by atoms with Gasteiger partial charge in [0, 0.05) is 13.0 Å². The first-order valence-corrected chi connectivity index (χ1v) is 7.76. The number of carbonyl (C=O) groups is 4. The summed E-state index contributed by atoms with van der Waals surface area (Å²) in [5.74, 6) is -2.31. The Labute approximate surface area is 145 Å². The molecule has 0 aliphatic heterocycles. The minimum atomic E-state index is -1.08. The molecule has 0 aromatic heterocycles. The summed E-state index contributed by atoms with van der Waals surface area (Å²) in [5.41, 5.74) is 15.9. The van der Waals surface area contributed by atoms with Crippen molar-refractivity contribution in [3.63, 3.8) is 0 Å². The van der Waals surface area contributed by atoms with Crippen LogP contribution in [0.25, 0.3) is 0 Å². The quantitative estimate of drug-likeness (QED) is 0.0943. The predicted octanol–water partition coefficient (Wildman–Crippen LogP) is -2.58. The lowest BCUT2D eigenvalue weighted by Crippen LogP contribution is -2.53. The van der Waals surface area contributed by atoms with Crippen LogP contribution >= 0.6 is 0 Å². The largest absolute Gasteiger partial charge is 0.481 e. The number of nitrogens with one attached hydrogen (secondary N) is 2. The Morgan fingerprint density at radius 1 is 1.16 bits per heavy atom. The van der Waals surface area contributed by atoms with Crippen LogP contribution in [0.5, 0.6) is 0 Å². The van der Waals surface area contributed by atoms with Crippen molar-refractivity contribution in [1.29, 1.82) is 0 Å². The molecule has 0 aromatic carbocycles. The monoisotopic (exact) mass is 358 g/mol. The van der Waals surface area contributed by atoms with Crippen LogP contribution in [0.15, 0.2) is 4.99 Å². The molecule has 2 amide bonds. The van der Waals surface area contributed by atoms with E-state index in [0.717, 1.165) is 0 Å². The molecule has 0 unspecified atom stereocenters. The molecule has 0 bridgehead atoms. The molecule has 0 saturated carbocycles. The molecule has 0 heterocycles. The number of carbonyl (C=O) groups excluding carboxylic acids is 3. The Morgan fingerprint density at radius 3 is 2.28 bits per heavy atom. The van der Waals surface area contributed by atoms with Crippen molar-refractivity contribution in [3.05, 3.63) is 0 Å². The fraction of sp³-hybridized carbons (Fsp3) is 0.643. The zero-order valence-electron chi connectivity index (χ0n) is 14.1. The normalized spacial score (nSPS) is 13.8. The van der Waals surface area contributed by atoms with E-state index in [1.54, 1.807) is 0 Å². The van der Waals surface area contributed by atoms with Crippen molar-refractivity contribution in [3.8, 4) is 0 Å². The van der Waals surface area contributed by atoms with E-state index in [1.165, 1.54) is 6.92 Å². The summed E-state index contributed by atoms with van der Waals surface area (Å²) in [7, 11) is 0. The van der Waals surface area contributed by atoms with Gasteiger partial charge >= 0.3 is 5.97 Å². The van der Waals surface area contributed by atoms with E-state index in [4.69, 9.17) is 22.3 Å². The highest BCUT2D eigenvalue weighted by Gasteiger charge is 2.24. The van der Waals surface area contributed by atoms with E-state index in [-0.39, 0.29) is 31.8 Å². The molecular formula is C14H26N6O5. The van der Waals surface area contributed by atoms with Crippen LogP contribution in [-0.2, 0) is 19.2 Å². The topological polar surface area (TPSA) is 203 Å². The van der Waals surface area contributed by atoms with Crippen LogP contribution in [0.2, 0.25) is 0 Å². The Balaban J connectivity index is 4.81. The maximum Gasteiger partial charge on any atom is 0.303 e. The first-order chi connectivity index (χ1) is 11.7. The minimum Gasteiger partial charge on any atom is -0.481 e. The number of carboxylic acid groups (broad SMARTS) is 1. The maximum atomic E-state index is 12.3. The molecule has 9 N–H and O–H groups in total. The Morgan fingerprint density at radius 2 is 1.80 bits per heavy atom. The zero-order chi connectivity index (χ0) is 19.4. The van der Waals surface area contributed by atoms with Crippen LogP contribution in [0, 0.1) is 0 Å². The van der Waals surface area contributed by atoms with Crippen LogP contribution in [-0.4, -0.2) is 59.8 Å². The standard InChI is InChI=1S/C14H26N6O5/c1-8(15)12(24)20-10(3-2-6-18-14(16)17)13(25)19-9(7-21)4-5-11(22)23/h7-10H,2-6,15H2,1H3,(H,19,25)(H,20,24)(H,22,23)(H4,16,17,18)/t8-,9+,10-/m0/s1. The van der Waals surface area contributed by atoms with Gasteiger partial charge in [0.1, 0.15) is 12.3 Å². The lowest BCUT2D eigenvalue weighted by Gasteiger charge is -2.21. The van der Waals surface area contributed by atoms with Gasteiger partial charge in [0.15, 0.2) is 5.96 Å². The van der Waals surface area contributed by atoms with E-state index < -0.39 is 35.9 Å². The summed E-state index contributed by atoms with van der Waals surface area (Å²) >= 11 is 0. The number of aliphatic carboxylic acids is 1. The molecule has 11 nitrogen and oxygen atoms in total. The van der Waals surface area contributed by atoms with Gasteiger partial charge in [-0.2, -0.15) is 0 Å². The number of nitrogens with two attached hydrogens (primary N) is 3. The van der Waals surface area contributed by atoms with Crippen LogP contribution < -0.4 is 27.8 Å². The lowest BCUT2D eigenvalue weighted by atomic mass is 10.1. The van der Waals surface area contributed by atoms with E-state index >= 15 is 0 Å². The molecule has 0 rings (SSSR count). The summed E-state index contributed by atoms with van der Waals surface area (Å²) in [6.45, 7) is 1.72. The zero-order valence-corrected chi connectivity index (χ0v) is 14.1. The molecule has 3 atom stereocenters. The van der Waals surface area contributed by atoms with Gasteiger partial charge in [0.05, 0.1) is 12.1 Å². The van der Waals surface area contributed by atoms with Gasteiger partial charge in [-0.3, -0.25) is 19.4 Å². The third-order valence-corrected chi connectivity index (χ3v) is 3.15. The number of rotatable bonds is 12. The number of hydrogen-bond acceptors (Lipinski definition) is 6. The van der Waals surface area contributed by atoms with Gasteiger partial charge in [-0.05, 0) is 26.2 Å². The molecule has 0 saturated heterocycles. The van der Waals surface area contributed by atoms with Crippen molar-refractivity contribution in [2.75, 3.05) is 6.54 Å². The maximum absolute atomic E-state index is 12.3. The number of hydrogen-bond donors (Lipinski definition) is 6. The summed E-state index contributed by atoms with van der Waals surface area (Å²) in [6, 6.07) is -2.72. The third kappa shape index (κ3) is 10.7. The smallest absolute Gasteiger partial charge is 0.303 e. The lowest BCUT2D eigenvalue weighted by molar-refractivity contribution is -0.137. The second-order valence-electron chi connectivity index (χ2n) is 5.48. The number of aliphatic imine (C=N–C) groups is 1. The van der Waals surface area contributed by atoms with Gasteiger partial charge < -0.3 is 37.7 Å². The van der Waals surface area contributed by atoms with E-state index in [2.05, 4.69) is 15.6 Å². The molecule has 0 spiro atoms. The van der Waals surface area contributed by atoms with Crippen LogP contribution in [0.1, 0.15) is 32.6 Å². The number of carboxylic acids is 1. The summed E-state index contributed by atoms with van der Waals surface area (Å²) in [4.78, 5) is 49.3. The fourth-order valence-electron chi connectivity index (χ4n) is 1.81. The average Bonchev–Trinajstić information content (AvgIpc) is 2.53. The van der Waals surface area contributed by atoms with Crippen molar-refractivity contribution in [2.45, 2.75) is 50.7 Å². The highest BCUT2D eigenvalue weighted by atomic mass is 16.4. The number of guanidine groups is 1. The fourth-order valence-corrected chi connectivity index (χ4v) is 1.81. The number of aldehydes is 1. The minimum absolute atomic E-state index is 0.0491. The van der Waals surface area contributed by atoms with Gasteiger partial charge in [-0.15, -0.1) is 0 Å². The molecule has 0 aliphatic carbocycles. The van der Waals surface area contributed by atoms with E-state index in [9.17, 15) is 19.2 Å². The third-order valence-electron chi connectivity index (χ3n) is 3.15. The predicted molar refractivity (Wildman–Crippen MR) is 90.4 cm³/mol. The summed E-state index contributed by atoms with van der Waals surface area (Å²) < 4.78 is 0. The SMILES string of the molecule is C[C@H](N)C(=O)N[C@@H](CCCN=C(N)N)C(=O)N[C@@H](C=O)CCC(=O)O. The Bertz CT molecular complexity index is 504. The summed E-state index contributed by atoms with van der Waals surface area (Å²) in [5, 5.41) is 13.5. The highest BCUT2D eigenvalue weighted by molar-refractivity contribution is 5.90. The summed E-state index contributed by atoms with van der Waals surface area (Å²) in [6.07, 6.45) is 0.740. The molecular weight excluding hydrogens is 332 g/mol. The van der Waals surface area contributed by atoms with Crippen molar-refractivity contribution < 1.29 is 24.3 Å². The van der Waals surface area contributed by atoms with Crippen LogP contribution in [0.3, 0.4) is 0 Å².